The van der Waals surface area contributed by atoms with E-state index in [0.717, 1.165) is 38.9 Å². The predicted molar refractivity (Wildman–Crippen MR) is 62.7 cm³/mol. The summed E-state index contributed by atoms with van der Waals surface area (Å²) in [6.07, 6.45) is 3.16. The normalized spacial score (nSPS) is 18.3. The minimum absolute atomic E-state index is 0.196. The van der Waals surface area contributed by atoms with Gasteiger partial charge in [-0.05, 0) is 12.8 Å². The van der Waals surface area contributed by atoms with Crippen molar-refractivity contribution in [2.24, 2.45) is 5.92 Å². The van der Waals surface area contributed by atoms with E-state index in [1.54, 1.807) is 0 Å². The predicted octanol–water partition coefficient (Wildman–Crippen LogP) is 1.63. The van der Waals surface area contributed by atoms with Gasteiger partial charge in [0.25, 0.3) is 0 Å². The summed E-state index contributed by atoms with van der Waals surface area (Å²) >= 11 is 0. The zero-order valence-corrected chi connectivity index (χ0v) is 10.3. The Bertz CT molecular complexity index is 202. The van der Waals surface area contributed by atoms with Crippen LogP contribution in [0.15, 0.2) is 0 Å². The van der Waals surface area contributed by atoms with E-state index in [-0.39, 0.29) is 5.92 Å². The summed E-state index contributed by atoms with van der Waals surface area (Å²) in [6, 6.07) is 0.455. The number of nitrogens with one attached hydrogen (secondary N) is 1. The molecule has 0 aromatic carbocycles. The number of carbonyl (C=O) groups is 1. The standard InChI is InChI=1S/C12H24N2O/c1-4-6-10(3)12(15)14(7-5-2)11-8-13-9-11/h10-11,13H,4-9H2,1-3H3. The summed E-state index contributed by atoms with van der Waals surface area (Å²) in [6.45, 7) is 9.20. The van der Waals surface area contributed by atoms with E-state index in [4.69, 9.17) is 0 Å². The lowest BCUT2D eigenvalue weighted by Gasteiger charge is -2.39. The van der Waals surface area contributed by atoms with Gasteiger partial charge < -0.3 is 10.2 Å². The van der Waals surface area contributed by atoms with Crippen LogP contribution in [0.1, 0.15) is 40.0 Å². The summed E-state index contributed by atoms with van der Waals surface area (Å²) in [5, 5.41) is 3.23. The fraction of sp³-hybridized carbons (Fsp3) is 0.917. The maximum absolute atomic E-state index is 12.2. The van der Waals surface area contributed by atoms with Crippen LogP contribution in [0.2, 0.25) is 0 Å². The van der Waals surface area contributed by atoms with Crippen molar-refractivity contribution >= 4 is 5.91 Å². The zero-order chi connectivity index (χ0) is 11.3. The largest absolute Gasteiger partial charge is 0.337 e. The Hall–Kier alpha value is -0.570. The number of hydrogen-bond donors (Lipinski definition) is 1. The van der Waals surface area contributed by atoms with Crippen molar-refractivity contribution < 1.29 is 4.79 Å². The van der Waals surface area contributed by atoms with Gasteiger partial charge in [0.1, 0.15) is 0 Å². The molecule has 15 heavy (non-hydrogen) atoms. The molecule has 88 valence electrons. The fourth-order valence-corrected chi connectivity index (χ4v) is 2.05. The van der Waals surface area contributed by atoms with E-state index in [9.17, 15) is 4.79 Å². The van der Waals surface area contributed by atoms with Crippen LogP contribution in [0.3, 0.4) is 0 Å². The highest BCUT2D eigenvalue weighted by molar-refractivity contribution is 5.79. The van der Waals surface area contributed by atoms with E-state index >= 15 is 0 Å². The summed E-state index contributed by atoms with van der Waals surface area (Å²) < 4.78 is 0. The van der Waals surface area contributed by atoms with E-state index in [1.165, 1.54) is 0 Å². The van der Waals surface area contributed by atoms with Gasteiger partial charge in [0.05, 0.1) is 6.04 Å². The second kappa shape index (κ2) is 6.11. The molecular formula is C12H24N2O. The minimum atomic E-state index is 0.196. The average molecular weight is 212 g/mol. The number of hydrogen-bond acceptors (Lipinski definition) is 2. The molecule has 1 aliphatic heterocycles. The van der Waals surface area contributed by atoms with Crippen LogP contribution < -0.4 is 5.32 Å². The molecule has 0 aromatic heterocycles. The van der Waals surface area contributed by atoms with E-state index in [2.05, 4.69) is 31.0 Å². The molecule has 0 radical (unpaired) electrons. The Morgan fingerprint density at radius 2 is 2.07 bits per heavy atom. The molecule has 1 saturated heterocycles. The van der Waals surface area contributed by atoms with Gasteiger partial charge in [-0.2, -0.15) is 0 Å². The second-order valence-corrected chi connectivity index (χ2v) is 4.53. The molecule has 1 rings (SSSR count). The van der Waals surface area contributed by atoms with Gasteiger partial charge in [-0.15, -0.1) is 0 Å². The molecule has 0 aromatic rings. The Labute approximate surface area is 93.2 Å². The maximum atomic E-state index is 12.2. The first-order valence-electron chi connectivity index (χ1n) is 6.21. The van der Waals surface area contributed by atoms with Crippen LogP contribution in [-0.4, -0.2) is 36.5 Å². The highest BCUT2D eigenvalue weighted by Gasteiger charge is 2.29. The number of nitrogens with zero attached hydrogens (tertiary/aromatic N) is 1. The van der Waals surface area contributed by atoms with Gasteiger partial charge in [-0.1, -0.05) is 27.2 Å². The fourth-order valence-electron chi connectivity index (χ4n) is 2.05. The molecule has 1 atom stereocenters. The van der Waals surface area contributed by atoms with Crippen molar-refractivity contribution in [3.8, 4) is 0 Å². The van der Waals surface area contributed by atoms with Crippen molar-refractivity contribution in [1.29, 1.82) is 0 Å². The molecule has 3 heteroatoms. The Kier molecular flexibility index (Phi) is 5.09. The van der Waals surface area contributed by atoms with Crippen molar-refractivity contribution in [3.05, 3.63) is 0 Å². The highest BCUT2D eigenvalue weighted by atomic mass is 16.2. The summed E-state index contributed by atoms with van der Waals surface area (Å²) in [5.41, 5.74) is 0. The number of rotatable bonds is 6. The van der Waals surface area contributed by atoms with Crippen LogP contribution in [-0.2, 0) is 4.79 Å². The lowest BCUT2D eigenvalue weighted by Crippen LogP contribution is -2.59. The third kappa shape index (κ3) is 3.20. The SMILES string of the molecule is CCCC(C)C(=O)N(CCC)C1CNC1. The van der Waals surface area contributed by atoms with Gasteiger partial charge in [0.15, 0.2) is 0 Å². The van der Waals surface area contributed by atoms with Crippen molar-refractivity contribution in [1.82, 2.24) is 10.2 Å². The van der Waals surface area contributed by atoms with Crippen LogP contribution >= 0.6 is 0 Å². The Morgan fingerprint density at radius 1 is 1.40 bits per heavy atom. The topological polar surface area (TPSA) is 32.3 Å². The van der Waals surface area contributed by atoms with Crippen LogP contribution in [0.5, 0.6) is 0 Å². The van der Waals surface area contributed by atoms with E-state index in [0.29, 0.717) is 11.9 Å². The molecule has 1 heterocycles. The zero-order valence-electron chi connectivity index (χ0n) is 10.3. The lowest BCUT2D eigenvalue weighted by molar-refractivity contribution is -0.138. The van der Waals surface area contributed by atoms with Gasteiger partial charge in [0, 0.05) is 25.6 Å². The van der Waals surface area contributed by atoms with Gasteiger partial charge in [-0.25, -0.2) is 0 Å². The molecule has 0 saturated carbocycles. The smallest absolute Gasteiger partial charge is 0.225 e. The average Bonchev–Trinajstić information content (AvgIpc) is 2.13. The Balaban J connectivity index is 2.49. The summed E-state index contributed by atoms with van der Waals surface area (Å²) in [5.74, 6) is 0.548. The quantitative estimate of drug-likeness (QED) is 0.726. The third-order valence-electron chi connectivity index (χ3n) is 3.09. The molecular weight excluding hydrogens is 188 g/mol. The number of amides is 1. The first-order valence-corrected chi connectivity index (χ1v) is 6.21. The monoisotopic (exact) mass is 212 g/mol. The van der Waals surface area contributed by atoms with Gasteiger partial charge in [0.2, 0.25) is 5.91 Å². The van der Waals surface area contributed by atoms with Crippen LogP contribution in [0.4, 0.5) is 0 Å². The third-order valence-corrected chi connectivity index (χ3v) is 3.09. The van der Waals surface area contributed by atoms with Gasteiger partial charge in [-0.3, -0.25) is 4.79 Å². The van der Waals surface area contributed by atoms with Crippen LogP contribution in [0, 0.1) is 5.92 Å². The second-order valence-electron chi connectivity index (χ2n) is 4.53. The van der Waals surface area contributed by atoms with Crippen molar-refractivity contribution in [2.75, 3.05) is 19.6 Å². The lowest BCUT2D eigenvalue weighted by atomic mass is 10.0. The molecule has 1 fully saturated rings. The van der Waals surface area contributed by atoms with Crippen molar-refractivity contribution in [3.63, 3.8) is 0 Å². The molecule has 0 aliphatic carbocycles. The maximum Gasteiger partial charge on any atom is 0.225 e. The molecule has 3 nitrogen and oxygen atoms in total. The minimum Gasteiger partial charge on any atom is -0.337 e. The van der Waals surface area contributed by atoms with E-state index < -0.39 is 0 Å². The Morgan fingerprint density at radius 3 is 2.47 bits per heavy atom. The first kappa shape index (κ1) is 12.5. The molecule has 0 spiro atoms. The molecule has 1 aliphatic rings. The summed E-state index contributed by atoms with van der Waals surface area (Å²) in [7, 11) is 0. The summed E-state index contributed by atoms with van der Waals surface area (Å²) in [4.78, 5) is 14.2. The number of carbonyl (C=O) groups excluding carboxylic acids is 1. The molecule has 1 amide bonds. The molecule has 1 N–H and O–H groups in total. The highest BCUT2D eigenvalue weighted by Crippen LogP contribution is 2.14. The molecule has 0 bridgehead atoms. The first-order chi connectivity index (χ1) is 7.20. The molecule has 1 unspecified atom stereocenters. The van der Waals surface area contributed by atoms with Crippen molar-refractivity contribution in [2.45, 2.75) is 46.1 Å². The van der Waals surface area contributed by atoms with E-state index in [1.807, 2.05) is 0 Å². The van der Waals surface area contributed by atoms with Gasteiger partial charge >= 0.3 is 0 Å². The van der Waals surface area contributed by atoms with Crippen LogP contribution in [0.25, 0.3) is 0 Å².